The second-order valence-corrected chi connectivity index (χ2v) is 7.70. The van der Waals surface area contributed by atoms with Crippen molar-refractivity contribution in [2.24, 2.45) is 11.7 Å². The summed E-state index contributed by atoms with van der Waals surface area (Å²) in [6, 6.07) is 0. The number of hydrogen-bond donors (Lipinski definition) is 1. The van der Waals surface area contributed by atoms with Crippen LogP contribution >= 0.6 is 0 Å². The number of carbonyl (C=O) groups excluding carboxylic acids is 1. The zero-order chi connectivity index (χ0) is 17.2. The van der Waals surface area contributed by atoms with Gasteiger partial charge in [0.15, 0.2) is 0 Å². The Hall–Kier alpha value is -0.530. The third kappa shape index (κ3) is 21.5. The highest BCUT2D eigenvalue weighted by Crippen LogP contribution is 2.14. The van der Waals surface area contributed by atoms with E-state index in [-0.39, 0.29) is 5.91 Å². The summed E-state index contributed by atoms with van der Waals surface area (Å²) in [7, 11) is 0. The number of carbonyl (C=O) groups is 1. The second-order valence-electron chi connectivity index (χ2n) is 7.70. The molecule has 0 spiro atoms. The number of unbranched alkanes of at least 4 members (excludes halogenated alkanes) is 14. The Morgan fingerprint density at radius 2 is 0.913 bits per heavy atom. The largest absolute Gasteiger partial charge is 0.370 e. The molecule has 0 bridgehead atoms. The summed E-state index contributed by atoms with van der Waals surface area (Å²) in [5.74, 6) is 0.728. The molecule has 23 heavy (non-hydrogen) atoms. The third-order valence-corrected chi connectivity index (χ3v) is 4.70. The highest BCUT2D eigenvalue weighted by atomic mass is 16.1. The van der Waals surface area contributed by atoms with Gasteiger partial charge in [-0.3, -0.25) is 4.79 Å². The second kappa shape index (κ2) is 17.8. The first-order chi connectivity index (χ1) is 11.1. The quantitative estimate of drug-likeness (QED) is 0.278. The maximum Gasteiger partial charge on any atom is 0.217 e. The summed E-state index contributed by atoms with van der Waals surface area (Å²) >= 11 is 0. The van der Waals surface area contributed by atoms with Gasteiger partial charge in [-0.1, -0.05) is 110 Å². The number of amides is 1. The van der Waals surface area contributed by atoms with Gasteiger partial charge < -0.3 is 5.73 Å². The van der Waals surface area contributed by atoms with Crippen LogP contribution in [0.1, 0.15) is 123 Å². The first kappa shape index (κ1) is 22.5. The van der Waals surface area contributed by atoms with Crippen molar-refractivity contribution in [3.05, 3.63) is 0 Å². The molecule has 2 nitrogen and oxygen atoms in total. The van der Waals surface area contributed by atoms with Gasteiger partial charge in [0, 0.05) is 6.42 Å². The molecule has 0 aliphatic carbocycles. The molecular weight excluding hydrogens is 282 g/mol. The van der Waals surface area contributed by atoms with E-state index in [1.165, 1.54) is 96.3 Å². The van der Waals surface area contributed by atoms with E-state index in [0.717, 1.165) is 12.3 Å². The lowest BCUT2D eigenvalue weighted by atomic mass is 10.0. The molecule has 0 atom stereocenters. The zero-order valence-corrected chi connectivity index (χ0v) is 16.1. The minimum Gasteiger partial charge on any atom is -0.370 e. The number of hydrogen-bond acceptors (Lipinski definition) is 1. The topological polar surface area (TPSA) is 43.1 Å². The van der Waals surface area contributed by atoms with Gasteiger partial charge in [-0.15, -0.1) is 0 Å². The molecule has 1 amide bonds. The van der Waals surface area contributed by atoms with Gasteiger partial charge in [0.25, 0.3) is 0 Å². The summed E-state index contributed by atoms with van der Waals surface area (Å²) in [6.45, 7) is 4.65. The van der Waals surface area contributed by atoms with Crippen LogP contribution in [0, 0.1) is 5.92 Å². The molecule has 0 aliphatic rings. The fourth-order valence-corrected chi connectivity index (χ4v) is 3.15. The minimum atomic E-state index is -0.152. The van der Waals surface area contributed by atoms with Gasteiger partial charge in [0.05, 0.1) is 0 Å². The lowest BCUT2D eigenvalue weighted by Crippen LogP contribution is -2.09. The standard InChI is InChI=1S/C21H43NO/c1-20(2)18-16-14-12-10-8-6-4-3-5-7-9-11-13-15-17-19-21(22)23/h20H,3-19H2,1-2H3,(H2,22,23). The molecule has 2 N–H and O–H groups in total. The highest BCUT2D eigenvalue weighted by Gasteiger charge is 1.97. The molecule has 0 aromatic heterocycles. The summed E-state index contributed by atoms with van der Waals surface area (Å²) in [5, 5.41) is 0. The predicted molar refractivity (Wildman–Crippen MR) is 103 cm³/mol. The van der Waals surface area contributed by atoms with Gasteiger partial charge in [0.2, 0.25) is 5.91 Å². The van der Waals surface area contributed by atoms with Gasteiger partial charge >= 0.3 is 0 Å². The van der Waals surface area contributed by atoms with Crippen molar-refractivity contribution in [3.63, 3.8) is 0 Å². The Morgan fingerprint density at radius 3 is 1.22 bits per heavy atom. The molecule has 2 heteroatoms. The Bertz CT molecular complexity index is 250. The van der Waals surface area contributed by atoms with Crippen LogP contribution in [0.2, 0.25) is 0 Å². The molecule has 0 radical (unpaired) electrons. The van der Waals surface area contributed by atoms with Gasteiger partial charge in [-0.25, -0.2) is 0 Å². The van der Waals surface area contributed by atoms with Crippen LogP contribution in [0.15, 0.2) is 0 Å². The Labute approximate surface area is 146 Å². The molecule has 0 aromatic carbocycles. The molecule has 0 aromatic rings. The van der Waals surface area contributed by atoms with E-state index < -0.39 is 0 Å². The maximum atomic E-state index is 10.6. The Kier molecular flexibility index (Phi) is 17.4. The van der Waals surface area contributed by atoms with Crippen LogP contribution in [-0.4, -0.2) is 5.91 Å². The van der Waals surface area contributed by atoms with E-state index in [9.17, 15) is 4.79 Å². The molecule has 0 fully saturated rings. The average molecular weight is 326 g/mol. The van der Waals surface area contributed by atoms with Gasteiger partial charge in [-0.05, 0) is 12.3 Å². The SMILES string of the molecule is CC(C)CCCCCCCCCCCCCCCCCC(N)=O. The van der Waals surface area contributed by atoms with Crippen LogP contribution < -0.4 is 5.73 Å². The molecule has 0 saturated carbocycles. The van der Waals surface area contributed by atoms with Crippen molar-refractivity contribution in [3.8, 4) is 0 Å². The molecular formula is C21H43NO. The van der Waals surface area contributed by atoms with Crippen molar-refractivity contribution < 1.29 is 4.79 Å². The smallest absolute Gasteiger partial charge is 0.217 e. The number of primary amides is 1. The average Bonchev–Trinajstić information content (AvgIpc) is 2.49. The van der Waals surface area contributed by atoms with E-state index in [1.54, 1.807) is 0 Å². The first-order valence-corrected chi connectivity index (χ1v) is 10.4. The Balaban J connectivity index is 2.99. The van der Waals surface area contributed by atoms with E-state index in [0.29, 0.717) is 6.42 Å². The fourth-order valence-electron chi connectivity index (χ4n) is 3.15. The first-order valence-electron chi connectivity index (χ1n) is 10.4. The molecule has 138 valence electrons. The molecule has 0 unspecified atom stereocenters. The van der Waals surface area contributed by atoms with Crippen LogP contribution in [0.5, 0.6) is 0 Å². The maximum absolute atomic E-state index is 10.6. The van der Waals surface area contributed by atoms with Crippen molar-refractivity contribution in [2.45, 2.75) is 123 Å². The highest BCUT2D eigenvalue weighted by molar-refractivity contribution is 5.73. The summed E-state index contributed by atoms with van der Waals surface area (Å²) in [5.41, 5.74) is 5.12. The lowest BCUT2D eigenvalue weighted by Gasteiger charge is -2.05. The van der Waals surface area contributed by atoms with Gasteiger partial charge in [0.1, 0.15) is 0 Å². The van der Waals surface area contributed by atoms with Crippen molar-refractivity contribution in [1.82, 2.24) is 0 Å². The summed E-state index contributed by atoms with van der Waals surface area (Å²) in [4.78, 5) is 10.6. The van der Waals surface area contributed by atoms with E-state index in [2.05, 4.69) is 13.8 Å². The Morgan fingerprint density at radius 1 is 0.609 bits per heavy atom. The molecule has 0 heterocycles. The molecule has 0 rings (SSSR count). The van der Waals surface area contributed by atoms with E-state index >= 15 is 0 Å². The fraction of sp³-hybridized carbons (Fsp3) is 0.952. The normalized spacial score (nSPS) is 11.3. The number of rotatable bonds is 18. The van der Waals surface area contributed by atoms with Crippen molar-refractivity contribution in [1.29, 1.82) is 0 Å². The van der Waals surface area contributed by atoms with Gasteiger partial charge in [-0.2, -0.15) is 0 Å². The van der Waals surface area contributed by atoms with Crippen molar-refractivity contribution >= 4 is 5.91 Å². The van der Waals surface area contributed by atoms with E-state index in [4.69, 9.17) is 5.73 Å². The molecule has 0 saturated heterocycles. The van der Waals surface area contributed by atoms with Crippen LogP contribution in [-0.2, 0) is 4.79 Å². The summed E-state index contributed by atoms with van der Waals surface area (Å²) < 4.78 is 0. The third-order valence-electron chi connectivity index (χ3n) is 4.70. The van der Waals surface area contributed by atoms with Crippen LogP contribution in [0.4, 0.5) is 0 Å². The van der Waals surface area contributed by atoms with Crippen LogP contribution in [0.25, 0.3) is 0 Å². The molecule has 0 aliphatic heterocycles. The minimum absolute atomic E-state index is 0.152. The van der Waals surface area contributed by atoms with E-state index in [1.807, 2.05) is 0 Å². The lowest BCUT2D eigenvalue weighted by molar-refractivity contribution is -0.118. The zero-order valence-electron chi connectivity index (χ0n) is 16.1. The predicted octanol–water partition coefficient (Wildman–Crippen LogP) is 6.76. The number of nitrogens with two attached hydrogens (primary N) is 1. The van der Waals surface area contributed by atoms with Crippen molar-refractivity contribution in [2.75, 3.05) is 0 Å². The monoisotopic (exact) mass is 325 g/mol. The summed E-state index contributed by atoms with van der Waals surface area (Å²) in [6.07, 6.45) is 22.4. The van der Waals surface area contributed by atoms with Crippen LogP contribution in [0.3, 0.4) is 0 Å².